The zero-order chi connectivity index (χ0) is 17.3. The van der Waals surface area contributed by atoms with Crippen LogP contribution in [-0.4, -0.2) is 36.4 Å². The molecule has 3 aromatic heterocycles. The van der Waals surface area contributed by atoms with Crippen molar-refractivity contribution in [2.45, 2.75) is 19.5 Å². The highest BCUT2D eigenvalue weighted by Crippen LogP contribution is 2.24. The van der Waals surface area contributed by atoms with Gasteiger partial charge in [-0.25, -0.2) is 19.9 Å². The molecule has 1 aliphatic heterocycles. The van der Waals surface area contributed by atoms with Crippen LogP contribution in [0.3, 0.4) is 0 Å². The third-order valence-electron chi connectivity index (χ3n) is 4.90. The Kier molecular flexibility index (Phi) is 3.68. The molecule has 0 aliphatic carbocycles. The van der Waals surface area contributed by atoms with Gasteiger partial charge in [0.1, 0.15) is 6.33 Å². The molecule has 1 aliphatic rings. The predicted molar refractivity (Wildman–Crippen MR) is 99.2 cm³/mol. The van der Waals surface area contributed by atoms with Crippen LogP contribution in [0.4, 0.5) is 0 Å². The second-order valence-corrected chi connectivity index (χ2v) is 6.61. The van der Waals surface area contributed by atoms with Gasteiger partial charge in [-0.05, 0) is 11.6 Å². The first-order valence-corrected chi connectivity index (χ1v) is 8.74. The lowest BCUT2D eigenvalue weighted by molar-refractivity contribution is 0.244. The first-order chi connectivity index (χ1) is 12.9. The number of para-hydroxylation sites is 1. The minimum atomic E-state index is 0.703. The maximum atomic E-state index is 4.74. The van der Waals surface area contributed by atoms with Crippen molar-refractivity contribution in [2.24, 2.45) is 0 Å². The van der Waals surface area contributed by atoms with Gasteiger partial charge in [-0.15, -0.1) is 0 Å². The number of hydrogen-bond donors (Lipinski definition) is 1. The van der Waals surface area contributed by atoms with Crippen LogP contribution in [0.2, 0.25) is 0 Å². The zero-order valence-corrected chi connectivity index (χ0v) is 14.3. The number of aromatic nitrogens is 5. The van der Waals surface area contributed by atoms with E-state index in [2.05, 4.69) is 55.3 Å². The van der Waals surface area contributed by atoms with Crippen molar-refractivity contribution < 1.29 is 0 Å². The second-order valence-electron chi connectivity index (χ2n) is 6.61. The number of rotatable bonds is 3. The van der Waals surface area contributed by atoms with Gasteiger partial charge in [-0.1, -0.05) is 18.2 Å². The Hall–Kier alpha value is -3.12. The van der Waals surface area contributed by atoms with Crippen LogP contribution in [0.5, 0.6) is 0 Å². The molecule has 26 heavy (non-hydrogen) atoms. The van der Waals surface area contributed by atoms with E-state index < -0.39 is 0 Å². The van der Waals surface area contributed by atoms with E-state index in [1.807, 2.05) is 6.20 Å². The number of aromatic amines is 1. The van der Waals surface area contributed by atoms with Crippen molar-refractivity contribution in [1.29, 1.82) is 0 Å². The molecule has 0 saturated heterocycles. The minimum absolute atomic E-state index is 0.703. The highest BCUT2D eigenvalue weighted by molar-refractivity contribution is 5.82. The lowest BCUT2D eigenvalue weighted by atomic mass is 10.1. The van der Waals surface area contributed by atoms with Crippen LogP contribution in [0.1, 0.15) is 16.8 Å². The van der Waals surface area contributed by atoms with Crippen molar-refractivity contribution in [3.63, 3.8) is 0 Å². The molecule has 0 unspecified atom stereocenters. The van der Waals surface area contributed by atoms with Gasteiger partial charge in [0.2, 0.25) is 0 Å². The van der Waals surface area contributed by atoms with Gasteiger partial charge in [0, 0.05) is 67.3 Å². The molecule has 6 heteroatoms. The molecule has 0 bridgehead atoms. The lowest BCUT2D eigenvalue weighted by Gasteiger charge is -2.27. The van der Waals surface area contributed by atoms with E-state index in [-0.39, 0.29) is 0 Å². The molecule has 0 fully saturated rings. The van der Waals surface area contributed by atoms with Crippen molar-refractivity contribution in [3.05, 3.63) is 72.2 Å². The Labute approximate surface area is 151 Å². The van der Waals surface area contributed by atoms with Gasteiger partial charge in [0.05, 0.1) is 11.3 Å². The quantitative estimate of drug-likeness (QED) is 0.620. The zero-order valence-electron chi connectivity index (χ0n) is 14.3. The number of H-pyrrole nitrogens is 1. The van der Waals surface area contributed by atoms with Crippen LogP contribution >= 0.6 is 0 Å². The predicted octanol–water partition coefficient (Wildman–Crippen LogP) is 2.97. The molecule has 0 radical (unpaired) electrons. The monoisotopic (exact) mass is 342 g/mol. The summed E-state index contributed by atoms with van der Waals surface area (Å²) in [4.78, 5) is 23.2. The third-order valence-corrected chi connectivity index (χ3v) is 4.90. The SMILES string of the molecule is c1ccc2c(CN3CCc4nc(-c5cncnc5)ncc4C3)c[nH]c2c1. The summed E-state index contributed by atoms with van der Waals surface area (Å²) in [7, 11) is 0. The van der Waals surface area contributed by atoms with Crippen LogP contribution in [0.25, 0.3) is 22.3 Å². The van der Waals surface area contributed by atoms with E-state index in [1.54, 1.807) is 12.4 Å². The van der Waals surface area contributed by atoms with Gasteiger partial charge < -0.3 is 4.98 Å². The third kappa shape index (κ3) is 2.74. The maximum absolute atomic E-state index is 4.74. The van der Waals surface area contributed by atoms with E-state index in [0.29, 0.717) is 5.82 Å². The highest BCUT2D eigenvalue weighted by Gasteiger charge is 2.20. The Morgan fingerprint density at radius 2 is 1.96 bits per heavy atom. The summed E-state index contributed by atoms with van der Waals surface area (Å²) >= 11 is 0. The molecule has 1 N–H and O–H groups in total. The van der Waals surface area contributed by atoms with E-state index in [1.165, 1.54) is 28.4 Å². The first kappa shape index (κ1) is 15.2. The molecule has 6 nitrogen and oxygen atoms in total. The van der Waals surface area contributed by atoms with Gasteiger partial charge in [-0.3, -0.25) is 4.90 Å². The fourth-order valence-corrected chi connectivity index (χ4v) is 3.57. The molecule has 128 valence electrons. The lowest BCUT2D eigenvalue weighted by Crippen LogP contribution is -2.30. The summed E-state index contributed by atoms with van der Waals surface area (Å²) < 4.78 is 0. The molecular weight excluding hydrogens is 324 g/mol. The fourth-order valence-electron chi connectivity index (χ4n) is 3.57. The average Bonchev–Trinajstić information content (AvgIpc) is 3.11. The number of nitrogens with zero attached hydrogens (tertiary/aromatic N) is 5. The van der Waals surface area contributed by atoms with Gasteiger partial charge in [0.15, 0.2) is 5.82 Å². The minimum Gasteiger partial charge on any atom is -0.361 e. The Bertz CT molecular complexity index is 1060. The Morgan fingerprint density at radius 3 is 2.88 bits per heavy atom. The molecule has 5 rings (SSSR count). The van der Waals surface area contributed by atoms with Gasteiger partial charge in [-0.2, -0.15) is 0 Å². The number of hydrogen-bond acceptors (Lipinski definition) is 5. The normalized spacial score (nSPS) is 14.5. The van der Waals surface area contributed by atoms with Crippen molar-refractivity contribution >= 4 is 10.9 Å². The molecule has 1 aromatic carbocycles. The molecule has 0 atom stereocenters. The molecule has 4 aromatic rings. The topological polar surface area (TPSA) is 70.6 Å². The summed E-state index contributed by atoms with van der Waals surface area (Å²) in [5, 5.41) is 1.30. The summed E-state index contributed by atoms with van der Waals surface area (Å²) in [5.74, 6) is 0.703. The van der Waals surface area contributed by atoms with Gasteiger partial charge >= 0.3 is 0 Å². The Morgan fingerprint density at radius 1 is 1.08 bits per heavy atom. The van der Waals surface area contributed by atoms with E-state index in [9.17, 15) is 0 Å². The summed E-state index contributed by atoms with van der Waals surface area (Å²) in [6.45, 7) is 2.80. The molecule has 0 spiro atoms. The van der Waals surface area contributed by atoms with E-state index in [4.69, 9.17) is 4.98 Å². The summed E-state index contributed by atoms with van der Waals surface area (Å²) in [5.41, 5.74) is 5.73. The van der Waals surface area contributed by atoms with E-state index in [0.717, 1.165) is 37.3 Å². The number of nitrogens with one attached hydrogen (secondary N) is 1. The van der Waals surface area contributed by atoms with Gasteiger partial charge in [0.25, 0.3) is 0 Å². The van der Waals surface area contributed by atoms with Crippen molar-refractivity contribution in [2.75, 3.05) is 6.54 Å². The number of fused-ring (bicyclic) bond motifs is 2. The highest BCUT2D eigenvalue weighted by atomic mass is 15.1. The Balaban J connectivity index is 1.37. The van der Waals surface area contributed by atoms with Crippen molar-refractivity contribution in [3.8, 4) is 11.4 Å². The molecule has 0 saturated carbocycles. The molecular formula is C20H18N6. The standard InChI is InChI=1S/C20H18N6/c1-2-4-19-17(3-1)15(9-23-19)11-26-6-5-18-16(12-26)10-24-20(25-18)14-7-21-13-22-8-14/h1-4,7-10,13,23H,5-6,11-12H2. The fraction of sp³-hybridized carbons (Fsp3) is 0.200. The van der Waals surface area contributed by atoms with E-state index >= 15 is 0 Å². The van der Waals surface area contributed by atoms with Crippen LogP contribution in [0.15, 0.2) is 55.4 Å². The maximum Gasteiger partial charge on any atom is 0.162 e. The van der Waals surface area contributed by atoms with Crippen LogP contribution < -0.4 is 0 Å². The smallest absolute Gasteiger partial charge is 0.162 e. The first-order valence-electron chi connectivity index (χ1n) is 8.74. The average molecular weight is 342 g/mol. The largest absolute Gasteiger partial charge is 0.361 e. The molecule has 4 heterocycles. The summed E-state index contributed by atoms with van der Waals surface area (Å²) in [6.07, 6.45) is 10.0. The van der Waals surface area contributed by atoms with Crippen LogP contribution in [-0.2, 0) is 19.5 Å². The number of benzene rings is 1. The summed E-state index contributed by atoms with van der Waals surface area (Å²) in [6, 6.07) is 8.45. The molecule has 0 amide bonds. The second kappa shape index (κ2) is 6.31. The van der Waals surface area contributed by atoms with Crippen molar-refractivity contribution in [1.82, 2.24) is 29.8 Å². The van der Waals surface area contributed by atoms with Crippen LogP contribution in [0, 0.1) is 0 Å².